The zero-order valence-electron chi connectivity index (χ0n) is 13.2. The maximum atomic E-state index is 13.2. The smallest absolute Gasteiger partial charge is 0.387 e. The van der Waals surface area contributed by atoms with Gasteiger partial charge in [-0.05, 0) is 58.2 Å². The summed E-state index contributed by atoms with van der Waals surface area (Å²) < 4.78 is 47.7. The average molecular weight is 418 g/mol. The number of methoxy groups -OCH3 is 1. The molecule has 0 aliphatic rings. The number of ether oxygens (including phenoxy) is 2. The van der Waals surface area contributed by atoms with Crippen molar-refractivity contribution >= 4 is 21.8 Å². The minimum absolute atomic E-state index is 0.0611. The van der Waals surface area contributed by atoms with Crippen molar-refractivity contribution in [1.29, 1.82) is 0 Å². The Hall–Kier alpha value is -2.22. The molecule has 8 heteroatoms. The molecule has 25 heavy (non-hydrogen) atoms. The minimum atomic E-state index is -2.94. The van der Waals surface area contributed by atoms with Crippen molar-refractivity contribution < 1.29 is 27.4 Å². The fourth-order valence-electron chi connectivity index (χ4n) is 2.15. The van der Waals surface area contributed by atoms with Crippen LogP contribution in [0, 0.1) is 5.82 Å². The van der Waals surface area contributed by atoms with Crippen LogP contribution in [0.5, 0.6) is 11.5 Å². The highest BCUT2D eigenvalue weighted by atomic mass is 79.9. The molecule has 0 fully saturated rings. The number of rotatable bonds is 7. The fraction of sp³-hybridized carbons (Fsp3) is 0.235. The van der Waals surface area contributed by atoms with Gasteiger partial charge in [-0.15, -0.1) is 0 Å². The van der Waals surface area contributed by atoms with Crippen LogP contribution in [-0.2, 0) is 6.42 Å². The van der Waals surface area contributed by atoms with Gasteiger partial charge in [0.1, 0.15) is 5.82 Å². The van der Waals surface area contributed by atoms with Crippen molar-refractivity contribution in [3.05, 3.63) is 57.8 Å². The lowest BCUT2D eigenvalue weighted by Crippen LogP contribution is -2.26. The van der Waals surface area contributed by atoms with Gasteiger partial charge in [-0.2, -0.15) is 8.78 Å². The highest BCUT2D eigenvalue weighted by molar-refractivity contribution is 9.10. The quantitative estimate of drug-likeness (QED) is 0.735. The van der Waals surface area contributed by atoms with Gasteiger partial charge < -0.3 is 14.8 Å². The highest BCUT2D eigenvalue weighted by Crippen LogP contribution is 2.29. The Bertz CT molecular complexity index is 756. The maximum absolute atomic E-state index is 13.2. The summed E-state index contributed by atoms with van der Waals surface area (Å²) in [6.07, 6.45) is 0.435. The molecule has 1 amide bonds. The first-order chi connectivity index (χ1) is 11.9. The van der Waals surface area contributed by atoms with E-state index in [0.29, 0.717) is 10.9 Å². The SMILES string of the molecule is COc1cc(CCNC(=O)c2cc(F)ccc2Br)ccc1OC(F)F. The summed E-state index contributed by atoms with van der Waals surface area (Å²) in [5, 5.41) is 2.67. The van der Waals surface area contributed by atoms with E-state index >= 15 is 0 Å². The molecule has 0 unspecified atom stereocenters. The number of carbonyl (C=O) groups is 1. The van der Waals surface area contributed by atoms with E-state index in [9.17, 15) is 18.0 Å². The molecule has 0 spiro atoms. The van der Waals surface area contributed by atoms with E-state index in [4.69, 9.17) is 4.74 Å². The Labute approximate surface area is 151 Å². The van der Waals surface area contributed by atoms with Crippen molar-refractivity contribution in [2.24, 2.45) is 0 Å². The summed E-state index contributed by atoms with van der Waals surface area (Å²) in [4.78, 5) is 12.1. The van der Waals surface area contributed by atoms with Gasteiger partial charge in [-0.1, -0.05) is 6.07 Å². The van der Waals surface area contributed by atoms with Gasteiger partial charge >= 0.3 is 6.61 Å². The van der Waals surface area contributed by atoms with Crippen LogP contribution in [0.3, 0.4) is 0 Å². The standard InChI is InChI=1S/C17H15BrF3NO3/c1-24-15-8-10(2-5-14(15)25-17(20)21)6-7-22-16(23)12-9-11(19)3-4-13(12)18/h2-5,8-9,17H,6-7H2,1H3,(H,22,23). The first-order valence-corrected chi connectivity index (χ1v) is 8.05. The molecule has 0 atom stereocenters. The maximum Gasteiger partial charge on any atom is 0.387 e. The number of hydrogen-bond donors (Lipinski definition) is 1. The average Bonchev–Trinajstić information content (AvgIpc) is 2.57. The van der Waals surface area contributed by atoms with Gasteiger partial charge in [-0.25, -0.2) is 4.39 Å². The zero-order chi connectivity index (χ0) is 18.4. The van der Waals surface area contributed by atoms with Crippen molar-refractivity contribution in [1.82, 2.24) is 5.32 Å². The molecular weight excluding hydrogens is 403 g/mol. The summed E-state index contributed by atoms with van der Waals surface area (Å²) in [6, 6.07) is 8.38. The second-order valence-electron chi connectivity index (χ2n) is 4.99. The van der Waals surface area contributed by atoms with E-state index in [1.165, 1.54) is 25.3 Å². The lowest BCUT2D eigenvalue weighted by Gasteiger charge is -2.12. The molecule has 0 aliphatic carbocycles. The van der Waals surface area contributed by atoms with Gasteiger partial charge in [0.05, 0.1) is 12.7 Å². The minimum Gasteiger partial charge on any atom is -0.493 e. The molecule has 0 saturated heterocycles. The molecule has 0 aromatic heterocycles. The monoisotopic (exact) mass is 417 g/mol. The molecule has 0 radical (unpaired) electrons. The second-order valence-corrected chi connectivity index (χ2v) is 5.85. The summed E-state index contributed by atoms with van der Waals surface area (Å²) in [5.74, 6) is -0.810. The molecule has 0 heterocycles. The zero-order valence-corrected chi connectivity index (χ0v) is 14.8. The van der Waals surface area contributed by atoms with E-state index in [1.54, 1.807) is 12.1 Å². The molecule has 1 N–H and O–H groups in total. The summed E-state index contributed by atoms with van der Waals surface area (Å²) in [5.41, 5.74) is 0.954. The van der Waals surface area contributed by atoms with E-state index in [-0.39, 0.29) is 23.6 Å². The molecule has 134 valence electrons. The molecule has 2 aromatic carbocycles. The predicted molar refractivity (Wildman–Crippen MR) is 89.8 cm³/mol. The van der Waals surface area contributed by atoms with Crippen molar-refractivity contribution in [3.63, 3.8) is 0 Å². The molecule has 0 aliphatic heterocycles. The van der Waals surface area contributed by atoms with Crippen LogP contribution in [0.1, 0.15) is 15.9 Å². The van der Waals surface area contributed by atoms with Crippen LogP contribution in [0.4, 0.5) is 13.2 Å². The third kappa shape index (κ3) is 5.38. The Morgan fingerprint density at radius 2 is 1.96 bits per heavy atom. The molecule has 0 saturated carbocycles. The van der Waals surface area contributed by atoms with Gasteiger partial charge in [0.2, 0.25) is 0 Å². The van der Waals surface area contributed by atoms with Crippen LogP contribution in [0.15, 0.2) is 40.9 Å². The van der Waals surface area contributed by atoms with Gasteiger partial charge in [0, 0.05) is 11.0 Å². The summed E-state index contributed by atoms with van der Waals surface area (Å²) in [7, 11) is 1.35. The number of nitrogens with one attached hydrogen (secondary N) is 1. The fourth-order valence-corrected chi connectivity index (χ4v) is 2.57. The molecule has 2 aromatic rings. The molecule has 0 bridgehead atoms. The number of halogens is 4. The summed E-state index contributed by atoms with van der Waals surface area (Å²) in [6.45, 7) is -2.66. The number of benzene rings is 2. The lowest BCUT2D eigenvalue weighted by molar-refractivity contribution is -0.0512. The van der Waals surface area contributed by atoms with Crippen LogP contribution in [-0.4, -0.2) is 26.2 Å². The topological polar surface area (TPSA) is 47.6 Å². The van der Waals surface area contributed by atoms with Crippen molar-refractivity contribution in [2.45, 2.75) is 13.0 Å². The van der Waals surface area contributed by atoms with Crippen LogP contribution in [0.2, 0.25) is 0 Å². The number of carbonyl (C=O) groups excluding carboxylic acids is 1. The Morgan fingerprint density at radius 3 is 2.64 bits per heavy atom. The van der Waals surface area contributed by atoms with E-state index in [1.807, 2.05) is 0 Å². The predicted octanol–water partition coefficient (Wildman–Crippen LogP) is 4.17. The Morgan fingerprint density at radius 1 is 1.20 bits per heavy atom. The number of hydrogen-bond acceptors (Lipinski definition) is 3. The Balaban J connectivity index is 1.97. The van der Waals surface area contributed by atoms with Crippen LogP contribution < -0.4 is 14.8 Å². The molecule has 2 rings (SSSR count). The third-order valence-corrected chi connectivity index (χ3v) is 4.01. The van der Waals surface area contributed by atoms with Crippen LogP contribution >= 0.6 is 15.9 Å². The first kappa shape index (κ1) is 19.1. The molecule has 4 nitrogen and oxygen atoms in total. The highest BCUT2D eigenvalue weighted by Gasteiger charge is 2.13. The van der Waals surface area contributed by atoms with E-state index < -0.39 is 18.3 Å². The normalized spacial score (nSPS) is 10.6. The second kappa shape index (κ2) is 8.75. The van der Waals surface area contributed by atoms with Gasteiger partial charge in [-0.3, -0.25) is 4.79 Å². The van der Waals surface area contributed by atoms with Crippen molar-refractivity contribution in [3.8, 4) is 11.5 Å². The largest absolute Gasteiger partial charge is 0.493 e. The third-order valence-electron chi connectivity index (χ3n) is 3.32. The first-order valence-electron chi connectivity index (χ1n) is 7.25. The van der Waals surface area contributed by atoms with Crippen molar-refractivity contribution in [2.75, 3.05) is 13.7 Å². The van der Waals surface area contributed by atoms with E-state index in [2.05, 4.69) is 26.0 Å². The van der Waals surface area contributed by atoms with Crippen LogP contribution in [0.25, 0.3) is 0 Å². The lowest BCUT2D eigenvalue weighted by atomic mass is 10.1. The number of amides is 1. The Kier molecular flexibility index (Phi) is 6.69. The van der Waals surface area contributed by atoms with Gasteiger partial charge in [0.15, 0.2) is 11.5 Å². The van der Waals surface area contributed by atoms with E-state index in [0.717, 1.165) is 11.6 Å². The molecular formula is C17H15BrF3NO3. The summed E-state index contributed by atoms with van der Waals surface area (Å²) >= 11 is 3.20. The number of alkyl halides is 2. The van der Waals surface area contributed by atoms with Gasteiger partial charge in [0.25, 0.3) is 5.91 Å².